The summed E-state index contributed by atoms with van der Waals surface area (Å²) in [5.74, 6) is -0.846. The van der Waals surface area contributed by atoms with Crippen LogP contribution in [0, 0.1) is 0 Å². The molecule has 1 amide bonds. The van der Waals surface area contributed by atoms with Crippen LogP contribution in [0.15, 0.2) is 63.0 Å². The lowest BCUT2D eigenvalue weighted by Gasteiger charge is -2.13. The highest BCUT2D eigenvalue weighted by Gasteiger charge is 2.38. The van der Waals surface area contributed by atoms with Crippen LogP contribution in [0.1, 0.15) is 12.6 Å². The highest BCUT2D eigenvalue weighted by Crippen LogP contribution is 2.31. The summed E-state index contributed by atoms with van der Waals surface area (Å²) in [6.45, 7) is 0.989. The number of hydrogen-bond donors (Lipinski definition) is 2. The molecule has 0 radical (unpaired) electrons. The number of rotatable bonds is 4. The van der Waals surface area contributed by atoms with E-state index in [1.807, 2.05) is 0 Å². The van der Waals surface area contributed by atoms with E-state index in [1.54, 1.807) is 9.82 Å². The topological polar surface area (TPSA) is 136 Å². The van der Waals surface area contributed by atoms with Crippen molar-refractivity contribution in [2.45, 2.75) is 18.0 Å². The van der Waals surface area contributed by atoms with Crippen LogP contribution >= 0.6 is 11.6 Å². The van der Waals surface area contributed by atoms with Gasteiger partial charge >= 0.3 is 11.9 Å². The molecule has 0 saturated heterocycles. The van der Waals surface area contributed by atoms with E-state index in [0.29, 0.717) is 9.59 Å². The minimum atomic E-state index is -5.00. The second-order valence-corrected chi connectivity index (χ2v) is 9.30. The molecule has 15 heteroatoms. The van der Waals surface area contributed by atoms with Gasteiger partial charge in [-0.15, -0.1) is 0 Å². The van der Waals surface area contributed by atoms with Crippen molar-refractivity contribution in [1.82, 2.24) is 24.1 Å². The predicted octanol–water partition coefficient (Wildman–Crippen LogP) is 2.36. The molecule has 182 valence electrons. The summed E-state index contributed by atoms with van der Waals surface area (Å²) in [5.41, 5.74) is -4.56. The molecular weight excluding hydrogens is 515 g/mol. The largest absolute Gasteiger partial charge is 0.433 e. The van der Waals surface area contributed by atoms with E-state index in [9.17, 15) is 36.0 Å². The van der Waals surface area contributed by atoms with Crippen LogP contribution in [0.5, 0.6) is 0 Å². The molecule has 0 spiro atoms. The van der Waals surface area contributed by atoms with Gasteiger partial charge in [0.25, 0.3) is 15.6 Å². The molecule has 0 atom stereocenters. The molecule has 0 aliphatic heterocycles. The Labute approximate surface area is 198 Å². The van der Waals surface area contributed by atoms with Crippen LogP contribution in [0.4, 0.5) is 13.2 Å². The molecule has 35 heavy (non-hydrogen) atoms. The van der Waals surface area contributed by atoms with E-state index < -0.39 is 50.1 Å². The second kappa shape index (κ2) is 8.39. The number of nitrogens with one attached hydrogen (secondary N) is 2. The standard InChI is InChI=1S/C20H13ClF3N5O5S/c1-10(30)27-35(33,34)14-8-6-13(7-9-14)29-18(31)15-16(20(22,23)24)25-26-17(15)28(19(29)32)12-4-2-11(21)3-5-12/h2-9H,1H3,(H,25,26)(H,27,30). The van der Waals surface area contributed by atoms with Crippen molar-refractivity contribution in [3.8, 4) is 11.4 Å². The monoisotopic (exact) mass is 527 g/mol. The summed E-state index contributed by atoms with van der Waals surface area (Å²) in [4.78, 5) is 37.2. The summed E-state index contributed by atoms with van der Waals surface area (Å²) in [6, 6.07) is 9.55. The van der Waals surface area contributed by atoms with Crippen LogP contribution < -0.4 is 16.0 Å². The maximum absolute atomic E-state index is 13.6. The average molecular weight is 528 g/mol. The van der Waals surface area contributed by atoms with Crippen LogP contribution in [-0.2, 0) is 21.0 Å². The van der Waals surface area contributed by atoms with Gasteiger partial charge < -0.3 is 0 Å². The van der Waals surface area contributed by atoms with Crippen LogP contribution in [0.2, 0.25) is 5.02 Å². The molecule has 0 saturated carbocycles. The Balaban J connectivity index is 2.03. The van der Waals surface area contributed by atoms with Gasteiger partial charge in [0.15, 0.2) is 11.3 Å². The van der Waals surface area contributed by atoms with Crippen LogP contribution in [0.25, 0.3) is 22.4 Å². The quantitative estimate of drug-likeness (QED) is 0.418. The lowest BCUT2D eigenvalue weighted by atomic mass is 10.2. The Morgan fingerprint density at radius 1 is 1.00 bits per heavy atom. The number of carbonyl (C=O) groups is 1. The molecule has 2 heterocycles. The van der Waals surface area contributed by atoms with Crippen molar-refractivity contribution < 1.29 is 26.4 Å². The van der Waals surface area contributed by atoms with E-state index in [0.717, 1.165) is 35.8 Å². The first-order valence-corrected chi connectivity index (χ1v) is 11.4. The highest BCUT2D eigenvalue weighted by atomic mass is 35.5. The summed E-state index contributed by atoms with van der Waals surface area (Å²) < 4.78 is 68.2. The third kappa shape index (κ3) is 4.33. The average Bonchev–Trinajstić information content (AvgIpc) is 3.20. The Morgan fingerprint density at radius 3 is 2.09 bits per heavy atom. The van der Waals surface area contributed by atoms with E-state index in [2.05, 4.69) is 5.10 Å². The first-order chi connectivity index (χ1) is 16.3. The summed E-state index contributed by atoms with van der Waals surface area (Å²) >= 11 is 5.87. The second-order valence-electron chi connectivity index (χ2n) is 7.19. The Kier molecular flexibility index (Phi) is 5.81. The zero-order valence-electron chi connectivity index (χ0n) is 17.4. The predicted molar refractivity (Wildman–Crippen MR) is 118 cm³/mol. The maximum Gasteiger partial charge on any atom is 0.433 e. The molecule has 0 aliphatic carbocycles. The number of aromatic amines is 1. The van der Waals surface area contributed by atoms with Gasteiger partial charge in [-0.2, -0.15) is 18.3 Å². The fourth-order valence-electron chi connectivity index (χ4n) is 3.36. The Bertz CT molecular complexity index is 1690. The number of nitrogens with zero attached hydrogens (tertiary/aromatic N) is 3. The van der Waals surface area contributed by atoms with Crippen molar-refractivity contribution in [3.05, 3.63) is 80.1 Å². The minimum absolute atomic E-state index is 0.0724. The zero-order chi connectivity index (χ0) is 25.7. The smallest absolute Gasteiger partial charge is 0.274 e. The number of benzene rings is 2. The Morgan fingerprint density at radius 2 is 1.54 bits per heavy atom. The molecular formula is C20H13ClF3N5O5S. The number of fused-ring (bicyclic) bond motifs is 1. The van der Waals surface area contributed by atoms with Gasteiger partial charge in [-0.1, -0.05) is 11.6 Å². The molecule has 0 aliphatic rings. The van der Waals surface area contributed by atoms with Crippen molar-refractivity contribution in [1.29, 1.82) is 0 Å². The van der Waals surface area contributed by atoms with Gasteiger partial charge in [-0.25, -0.2) is 27.1 Å². The van der Waals surface area contributed by atoms with E-state index in [1.165, 1.54) is 24.3 Å². The van der Waals surface area contributed by atoms with Crippen LogP contribution in [0.3, 0.4) is 0 Å². The third-order valence-corrected chi connectivity index (χ3v) is 6.51. The lowest BCUT2D eigenvalue weighted by Crippen LogP contribution is -2.38. The first-order valence-electron chi connectivity index (χ1n) is 9.54. The van der Waals surface area contributed by atoms with Crippen molar-refractivity contribution in [2.75, 3.05) is 0 Å². The van der Waals surface area contributed by atoms with Crippen molar-refractivity contribution >= 4 is 38.6 Å². The number of hydrogen-bond acceptors (Lipinski definition) is 6. The number of carbonyl (C=O) groups excluding carboxylic acids is 1. The van der Waals surface area contributed by atoms with Gasteiger partial charge in [-0.3, -0.25) is 14.7 Å². The molecule has 2 N–H and O–H groups in total. The molecule has 4 aromatic rings. The van der Waals surface area contributed by atoms with Gasteiger partial charge in [0.05, 0.1) is 16.3 Å². The van der Waals surface area contributed by atoms with Crippen molar-refractivity contribution in [2.24, 2.45) is 0 Å². The number of H-pyrrole nitrogens is 1. The lowest BCUT2D eigenvalue weighted by molar-refractivity contribution is -0.140. The van der Waals surface area contributed by atoms with E-state index in [-0.39, 0.29) is 16.3 Å². The molecule has 10 nitrogen and oxygen atoms in total. The minimum Gasteiger partial charge on any atom is -0.274 e. The van der Waals surface area contributed by atoms with Gasteiger partial charge in [0.1, 0.15) is 5.39 Å². The molecule has 0 bridgehead atoms. The Hall–Kier alpha value is -3.91. The molecule has 2 aromatic heterocycles. The fraction of sp³-hybridized carbons (Fsp3) is 0.100. The summed E-state index contributed by atoms with van der Waals surface area (Å²) in [5, 5.41) is 4.73. The normalized spacial score (nSPS) is 12.1. The summed E-state index contributed by atoms with van der Waals surface area (Å²) in [7, 11) is -4.23. The zero-order valence-corrected chi connectivity index (χ0v) is 19.0. The number of amides is 1. The molecule has 4 rings (SSSR count). The molecule has 0 unspecified atom stereocenters. The highest BCUT2D eigenvalue weighted by molar-refractivity contribution is 7.90. The number of aromatic nitrogens is 4. The van der Waals surface area contributed by atoms with Gasteiger partial charge in [0.2, 0.25) is 5.91 Å². The van der Waals surface area contributed by atoms with Gasteiger partial charge in [0, 0.05) is 11.9 Å². The molecule has 0 fully saturated rings. The maximum atomic E-state index is 13.6. The third-order valence-electron chi connectivity index (χ3n) is 4.81. The molecule has 2 aromatic carbocycles. The first kappa shape index (κ1) is 24.2. The summed E-state index contributed by atoms with van der Waals surface area (Å²) in [6.07, 6.45) is -5.00. The van der Waals surface area contributed by atoms with E-state index >= 15 is 0 Å². The SMILES string of the molecule is CC(=O)NS(=O)(=O)c1ccc(-n2c(=O)c3c(C(F)(F)F)[nH]nc3n(-c3ccc(Cl)cc3)c2=O)cc1. The fourth-order valence-corrected chi connectivity index (χ4v) is 4.48. The number of halogens is 4. The number of sulfonamides is 1. The van der Waals surface area contributed by atoms with Gasteiger partial charge in [-0.05, 0) is 48.5 Å². The van der Waals surface area contributed by atoms with Crippen molar-refractivity contribution in [3.63, 3.8) is 0 Å². The van der Waals surface area contributed by atoms with E-state index in [4.69, 9.17) is 11.6 Å². The number of alkyl halides is 3. The van der Waals surface area contributed by atoms with Crippen LogP contribution in [-0.4, -0.2) is 33.7 Å².